The molecule has 34 heavy (non-hydrogen) atoms. The Morgan fingerprint density at radius 1 is 0.735 bits per heavy atom. The lowest BCUT2D eigenvalue weighted by Gasteiger charge is -2.23. The van der Waals surface area contributed by atoms with Crippen LogP contribution in [0.5, 0.6) is 0 Å². The van der Waals surface area contributed by atoms with E-state index >= 15 is 0 Å². The first-order valence-corrected chi connectivity index (χ1v) is 13.4. The van der Waals surface area contributed by atoms with E-state index in [-0.39, 0.29) is 42.4 Å². The van der Waals surface area contributed by atoms with Crippen molar-refractivity contribution in [2.45, 2.75) is 42.4 Å². The van der Waals surface area contributed by atoms with Crippen LogP contribution in [0.2, 0.25) is 0 Å². The minimum atomic E-state index is -4.59. The third-order valence-electron chi connectivity index (χ3n) is 5.73. The Hall–Kier alpha value is -3.38. The summed E-state index contributed by atoms with van der Waals surface area (Å²) in [6.45, 7) is 1.86. The van der Waals surface area contributed by atoms with Crippen LogP contribution >= 0.6 is 0 Å². The summed E-state index contributed by atoms with van der Waals surface area (Å²) in [7, 11) is -9.19. The van der Waals surface area contributed by atoms with Crippen LogP contribution in [0.25, 0.3) is 0 Å². The molecule has 0 aromatic heterocycles. The molecule has 2 aromatic carbocycles. The molecule has 0 saturated heterocycles. The van der Waals surface area contributed by atoms with E-state index in [0.717, 1.165) is 12.1 Å². The fourth-order valence-corrected chi connectivity index (χ4v) is 7.16. The molecule has 4 amide bonds. The zero-order chi connectivity index (χ0) is 24.8. The van der Waals surface area contributed by atoms with E-state index in [0.29, 0.717) is 12.8 Å². The van der Waals surface area contributed by atoms with Gasteiger partial charge in [-0.1, -0.05) is 50.5 Å². The second-order valence-corrected chi connectivity index (χ2v) is 11.4. The lowest BCUT2D eigenvalue weighted by atomic mass is 9.98. The summed E-state index contributed by atoms with van der Waals surface area (Å²) >= 11 is 0. The zero-order valence-electron chi connectivity index (χ0n) is 18.0. The van der Waals surface area contributed by atoms with Gasteiger partial charge >= 0.3 is 0 Å². The molecule has 4 rings (SSSR count). The molecule has 0 atom stereocenters. The lowest BCUT2D eigenvalue weighted by Crippen LogP contribution is -2.48. The van der Waals surface area contributed by atoms with Gasteiger partial charge in [0.1, 0.15) is 15.7 Å². The molecule has 0 bridgehead atoms. The van der Waals surface area contributed by atoms with Gasteiger partial charge in [-0.25, -0.2) is 16.8 Å². The zero-order valence-corrected chi connectivity index (χ0v) is 19.6. The predicted octanol–water partition coefficient (Wildman–Crippen LogP) is 1.93. The van der Waals surface area contributed by atoms with E-state index in [4.69, 9.17) is 0 Å². The van der Waals surface area contributed by atoms with E-state index < -0.39 is 49.6 Å². The highest BCUT2D eigenvalue weighted by Gasteiger charge is 2.53. The number of carbonyl (C=O) groups is 4. The van der Waals surface area contributed by atoms with Gasteiger partial charge in [-0.2, -0.15) is 8.61 Å². The summed E-state index contributed by atoms with van der Waals surface area (Å²) < 4.78 is 51.8. The lowest BCUT2D eigenvalue weighted by molar-refractivity contribution is -0.139. The SMILES string of the molecule is CCCCCC(C(=O)N1C(=O)c2ccccc2S1(=O)=O)C(=O)N1C(=O)c2ccccc2S1(=O)=O. The van der Waals surface area contributed by atoms with Crippen molar-refractivity contribution in [2.75, 3.05) is 0 Å². The first kappa shape index (κ1) is 23.8. The minimum Gasteiger partial charge on any atom is -0.272 e. The Labute approximate surface area is 196 Å². The number of carbonyl (C=O) groups excluding carboxylic acids is 4. The standard InChI is InChI=1S/C22H20N2O8S2/c1-2-3-4-11-16(21(27)23-19(25)14-9-5-7-12-17(14)33(23,29)30)22(28)24-20(26)15-10-6-8-13-18(15)34(24,31)32/h5-10,12-13,16H,2-4,11H2,1H3. The van der Waals surface area contributed by atoms with Gasteiger partial charge in [0, 0.05) is 0 Å². The fourth-order valence-electron chi connectivity index (χ4n) is 4.04. The Kier molecular flexibility index (Phi) is 5.90. The molecule has 178 valence electrons. The van der Waals surface area contributed by atoms with Crippen LogP contribution in [0, 0.1) is 5.92 Å². The Balaban J connectivity index is 1.75. The second kappa shape index (κ2) is 8.44. The number of imide groups is 2. The fraction of sp³-hybridized carbons (Fsp3) is 0.273. The van der Waals surface area contributed by atoms with Crippen LogP contribution in [0.15, 0.2) is 58.3 Å². The van der Waals surface area contributed by atoms with Crippen molar-refractivity contribution in [1.82, 2.24) is 8.61 Å². The molecule has 2 aliphatic rings. The number of hydrogen-bond acceptors (Lipinski definition) is 8. The molecule has 0 N–H and O–H groups in total. The minimum absolute atomic E-state index is 0.00644. The number of fused-ring (bicyclic) bond motifs is 2. The molecule has 0 radical (unpaired) electrons. The summed E-state index contributed by atoms with van der Waals surface area (Å²) in [6, 6.07) is 10.4. The van der Waals surface area contributed by atoms with Gasteiger partial charge in [0.15, 0.2) is 0 Å². The molecule has 2 heterocycles. The molecule has 2 aromatic rings. The molecule has 0 aliphatic carbocycles. The van der Waals surface area contributed by atoms with Crippen molar-refractivity contribution in [3.63, 3.8) is 0 Å². The van der Waals surface area contributed by atoms with E-state index in [1.165, 1.54) is 36.4 Å². The van der Waals surface area contributed by atoms with Crippen LogP contribution in [0.3, 0.4) is 0 Å². The molecule has 2 aliphatic heterocycles. The molecular weight excluding hydrogens is 484 g/mol. The quantitative estimate of drug-likeness (QED) is 0.429. The van der Waals surface area contributed by atoms with Crippen LogP contribution in [-0.2, 0) is 29.6 Å². The van der Waals surface area contributed by atoms with E-state index in [9.17, 15) is 36.0 Å². The maximum Gasteiger partial charge on any atom is 0.276 e. The van der Waals surface area contributed by atoms with Gasteiger partial charge in [0.2, 0.25) is 0 Å². The molecular formula is C22H20N2O8S2. The third-order valence-corrected chi connectivity index (χ3v) is 9.21. The highest BCUT2D eigenvalue weighted by molar-refractivity contribution is 7.91. The second-order valence-electron chi connectivity index (χ2n) is 7.87. The van der Waals surface area contributed by atoms with Gasteiger partial charge in [-0.3, -0.25) is 19.2 Å². The molecule has 10 nitrogen and oxygen atoms in total. The number of sulfonamides is 2. The van der Waals surface area contributed by atoms with Crippen LogP contribution in [0.4, 0.5) is 0 Å². The number of unbranched alkanes of at least 4 members (excludes halogenated alkanes) is 2. The number of rotatable bonds is 6. The van der Waals surface area contributed by atoms with Crippen molar-refractivity contribution < 1.29 is 36.0 Å². The van der Waals surface area contributed by atoms with Gasteiger partial charge < -0.3 is 0 Å². The first-order chi connectivity index (χ1) is 16.0. The average molecular weight is 505 g/mol. The Morgan fingerprint density at radius 3 is 1.53 bits per heavy atom. The highest BCUT2D eigenvalue weighted by atomic mass is 32.2. The monoisotopic (exact) mass is 504 g/mol. The summed E-state index contributed by atoms with van der Waals surface area (Å²) in [5, 5.41) is 0. The Morgan fingerprint density at radius 2 is 1.15 bits per heavy atom. The van der Waals surface area contributed by atoms with Crippen LogP contribution in [-0.4, -0.2) is 49.1 Å². The average Bonchev–Trinajstić information content (AvgIpc) is 3.14. The summed E-state index contributed by atoms with van der Waals surface area (Å²) in [5.41, 5.74) is -0.458. The first-order valence-electron chi connectivity index (χ1n) is 10.5. The van der Waals surface area contributed by atoms with Gasteiger partial charge in [0.05, 0.1) is 11.1 Å². The third kappa shape index (κ3) is 3.44. The molecule has 0 fully saturated rings. The molecule has 0 spiro atoms. The summed E-state index contributed by atoms with van der Waals surface area (Å²) in [4.78, 5) is 51.7. The topological polar surface area (TPSA) is 143 Å². The summed E-state index contributed by atoms with van der Waals surface area (Å²) in [6.07, 6.45) is 1.27. The van der Waals surface area contributed by atoms with E-state index in [1.807, 2.05) is 6.92 Å². The van der Waals surface area contributed by atoms with Crippen LogP contribution in [0.1, 0.15) is 53.3 Å². The van der Waals surface area contributed by atoms with Crippen molar-refractivity contribution in [3.05, 3.63) is 59.7 Å². The number of amides is 4. The predicted molar refractivity (Wildman–Crippen MR) is 117 cm³/mol. The smallest absolute Gasteiger partial charge is 0.272 e. The Bertz CT molecular complexity index is 1340. The van der Waals surface area contributed by atoms with Crippen molar-refractivity contribution in [2.24, 2.45) is 5.92 Å². The number of nitrogens with zero attached hydrogens (tertiary/aromatic N) is 2. The molecule has 12 heteroatoms. The van der Waals surface area contributed by atoms with Gasteiger partial charge in [-0.15, -0.1) is 0 Å². The van der Waals surface area contributed by atoms with E-state index in [2.05, 4.69) is 0 Å². The molecule has 0 saturated carbocycles. The van der Waals surface area contributed by atoms with Gasteiger partial charge in [0.25, 0.3) is 43.7 Å². The van der Waals surface area contributed by atoms with E-state index in [1.54, 1.807) is 0 Å². The number of hydrogen-bond donors (Lipinski definition) is 0. The van der Waals surface area contributed by atoms with Crippen molar-refractivity contribution in [1.29, 1.82) is 0 Å². The van der Waals surface area contributed by atoms with Crippen molar-refractivity contribution >= 4 is 43.7 Å². The maximum absolute atomic E-state index is 13.4. The molecule has 0 unspecified atom stereocenters. The number of benzene rings is 2. The summed E-state index contributed by atoms with van der Waals surface area (Å²) in [5.74, 6) is -6.91. The van der Waals surface area contributed by atoms with Crippen molar-refractivity contribution in [3.8, 4) is 0 Å². The maximum atomic E-state index is 13.4. The largest absolute Gasteiger partial charge is 0.276 e. The highest BCUT2D eigenvalue weighted by Crippen LogP contribution is 2.35. The van der Waals surface area contributed by atoms with Crippen LogP contribution < -0.4 is 0 Å². The normalized spacial score (nSPS) is 17.7. The van der Waals surface area contributed by atoms with Gasteiger partial charge in [-0.05, 0) is 30.7 Å².